The first-order valence-electron chi connectivity index (χ1n) is 6.25. The maximum atomic E-state index is 12.1. The summed E-state index contributed by atoms with van der Waals surface area (Å²) in [6.45, 7) is 0.185. The molecular weight excluding hydrogens is 256 g/mol. The zero-order chi connectivity index (χ0) is 13.5. The second kappa shape index (κ2) is 4.13. The molecule has 0 spiro atoms. The van der Waals surface area contributed by atoms with Gasteiger partial charge in [0, 0.05) is 6.07 Å². The van der Waals surface area contributed by atoms with Gasteiger partial charge in [0.25, 0.3) is 0 Å². The van der Waals surface area contributed by atoms with Crippen LogP contribution in [0.3, 0.4) is 0 Å². The molecule has 98 valence electrons. The summed E-state index contributed by atoms with van der Waals surface area (Å²) in [6.07, 6.45) is 0. The van der Waals surface area contributed by atoms with Crippen LogP contribution in [0.1, 0.15) is 0 Å². The molecule has 0 saturated heterocycles. The van der Waals surface area contributed by atoms with Crippen molar-refractivity contribution >= 4 is 11.0 Å². The summed E-state index contributed by atoms with van der Waals surface area (Å²) in [7, 11) is 0. The lowest BCUT2D eigenvalue weighted by Crippen LogP contribution is -2.00. The van der Waals surface area contributed by atoms with E-state index in [1.807, 2.05) is 30.3 Å². The topological polar surface area (TPSA) is 48.7 Å². The van der Waals surface area contributed by atoms with Gasteiger partial charge in [-0.05, 0) is 24.3 Å². The average molecular weight is 266 g/mol. The summed E-state index contributed by atoms with van der Waals surface area (Å²) < 4.78 is 16.6. The molecular formula is C16H10O4. The Labute approximate surface area is 114 Å². The lowest BCUT2D eigenvalue weighted by atomic mass is 10.1. The van der Waals surface area contributed by atoms with Crippen molar-refractivity contribution in [2.24, 2.45) is 0 Å². The Morgan fingerprint density at radius 2 is 1.85 bits per heavy atom. The van der Waals surface area contributed by atoms with Crippen molar-refractivity contribution in [1.29, 1.82) is 0 Å². The third-order valence-corrected chi connectivity index (χ3v) is 3.30. The molecule has 1 aliphatic rings. The molecule has 4 rings (SSSR count). The Kier molecular flexibility index (Phi) is 2.29. The fraction of sp³-hybridized carbons (Fsp3) is 0.0625. The van der Waals surface area contributed by atoms with Crippen molar-refractivity contribution in [1.82, 2.24) is 0 Å². The number of para-hydroxylation sites is 2. The standard InChI is InChI=1S/C16H10O4/c17-12-8-15(20-13-6-2-1-4-10(12)13)11-5-3-7-14-16(11)19-9-18-14/h1-8H,9H2. The Morgan fingerprint density at radius 3 is 2.80 bits per heavy atom. The minimum atomic E-state index is -0.0710. The van der Waals surface area contributed by atoms with E-state index in [9.17, 15) is 4.79 Å². The van der Waals surface area contributed by atoms with Gasteiger partial charge in [-0.15, -0.1) is 0 Å². The molecule has 20 heavy (non-hydrogen) atoms. The monoisotopic (exact) mass is 266 g/mol. The summed E-state index contributed by atoms with van der Waals surface area (Å²) in [5.74, 6) is 1.76. The fourth-order valence-electron chi connectivity index (χ4n) is 2.36. The highest BCUT2D eigenvalue weighted by Crippen LogP contribution is 2.41. The quantitative estimate of drug-likeness (QED) is 0.678. The van der Waals surface area contributed by atoms with E-state index in [1.54, 1.807) is 12.1 Å². The Hall–Kier alpha value is -2.75. The molecule has 1 aliphatic heterocycles. The molecule has 0 unspecified atom stereocenters. The summed E-state index contributed by atoms with van der Waals surface area (Å²) >= 11 is 0. The van der Waals surface area contributed by atoms with Crippen LogP contribution < -0.4 is 14.9 Å². The van der Waals surface area contributed by atoms with Crippen molar-refractivity contribution in [2.45, 2.75) is 0 Å². The maximum Gasteiger partial charge on any atom is 0.231 e. The highest BCUT2D eigenvalue weighted by Gasteiger charge is 2.20. The molecule has 0 fully saturated rings. The second-order valence-electron chi connectivity index (χ2n) is 4.51. The van der Waals surface area contributed by atoms with Gasteiger partial charge in [-0.2, -0.15) is 0 Å². The van der Waals surface area contributed by atoms with Gasteiger partial charge in [-0.1, -0.05) is 18.2 Å². The highest BCUT2D eigenvalue weighted by molar-refractivity contribution is 5.80. The van der Waals surface area contributed by atoms with E-state index < -0.39 is 0 Å². The third-order valence-electron chi connectivity index (χ3n) is 3.30. The van der Waals surface area contributed by atoms with Gasteiger partial charge >= 0.3 is 0 Å². The van der Waals surface area contributed by atoms with E-state index in [2.05, 4.69) is 0 Å². The summed E-state index contributed by atoms with van der Waals surface area (Å²) in [4.78, 5) is 12.1. The minimum absolute atomic E-state index is 0.0710. The first-order valence-corrected chi connectivity index (χ1v) is 6.25. The van der Waals surface area contributed by atoms with Crippen LogP contribution >= 0.6 is 0 Å². The SMILES string of the molecule is O=c1cc(-c2cccc3c2OCO3)oc2ccccc12. The van der Waals surface area contributed by atoms with Gasteiger partial charge in [-0.25, -0.2) is 0 Å². The van der Waals surface area contributed by atoms with Crippen LogP contribution in [0.2, 0.25) is 0 Å². The van der Waals surface area contributed by atoms with Crippen LogP contribution in [0.15, 0.2) is 57.7 Å². The molecule has 0 N–H and O–H groups in total. The maximum absolute atomic E-state index is 12.1. The predicted octanol–water partition coefficient (Wildman–Crippen LogP) is 3.19. The van der Waals surface area contributed by atoms with Crippen molar-refractivity contribution in [3.63, 3.8) is 0 Å². The average Bonchev–Trinajstić information content (AvgIpc) is 2.95. The molecule has 0 bridgehead atoms. The van der Waals surface area contributed by atoms with Crippen LogP contribution in [0.25, 0.3) is 22.3 Å². The molecule has 2 aromatic carbocycles. The summed E-state index contributed by atoms with van der Waals surface area (Å²) in [5, 5.41) is 0.570. The van der Waals surface area contributed by atoms with E-state index >= 15 is 0 Å². The number of hydrogen-bond donors (Lipinski definition) is 0. The van der Waals surface area contributed by atoms with Crippen LogP contribution in [-0.2, 0) is 0 Å². The van der Waals surface area contributed by atoms with Crippen molar-refractivity contribution in [3.8, 4) is 22.8 Å². The van der Waals surface area contributed by atoms with Crippen LogP contribution in [0.4, 0.5) is 0 Å². The number of fused-ring (bicyclic) bond motifs is 2. The van der Waals surface area contributed by atoms with E-state index in [0.717, 1.165) is 5.56 Å². The highest BCUT2D eigenvalue weighted by atomic mass is 16.7. The number of hydrogen-bond acceptors (Lipinski definition) is 4. The normalized spacial score (nSPS) is 12.8. The number of rotatable bonds is 1. The molecule has 4 nitrogen and oxygen atoms in total. The van der Waals surface area contributed by atoms with E-state index in [4.69, 9.17) is 13.9 Å². The van der Waals surface area contributed by atoms with E-state index in [-0.39, 0.29) is 12.2 Å². The summed E-state index contributed by atoms with van der Waals surface area (Å²) in [6, 6.07) is 14.2. The lowest BCUT2D eigenvalue weighted by Gasteiger charge is -2.06. The molecule has 0 saturated carbocycles. The Morgan fingerprint density at radius 1 is 0.950 bits per heavy atom. The second-order valence-corrected chi connectivity index (χ2v) is 4.51. The lowest BCUT2D eigenvalue weighted by molar-refractivity contribution is 0.174. The molecule has 3 aromatic rings. The first kappa shape index (κ1) is 11.1. The van der Waals surface area contributed by atoms with Crippen LogP contribution in [-0.4, -0.2) is 6.79 Å². The predicted molar refractivity (Wildman–Crippen MR) is 74.0 cm³/mol. The zero-order valence-corrected chi connectivity index (χ0v) is 10.5. The smallest absolute Gasteiger partial charge is 0.231 e. The van der Waals surface area contributed by atoms with Gasteiger partial charge in [0.1, 0.15) is 11.3 Å². The Bertz CT molecular complexity index is 864. The van der Waals surface area contributed by atoms with E-state index in [0.29, 0.717) is 28.2 Å². The molecule has 0 radical (unpaired) electrons. The summed E-state index contributed by atoms with van der Waals surface area (Å²) in [5.41, 5.74) is 1.22. The van der Waals surface area contributed by atoms with Crippen molar-refractivity contribution in [2.75, 3.05) is 6.79 Å². The first-order chi connectivity index (χ1) is 9.83. The molecule has 0 atom stereocenters. The van der Waals surface area contributed by atoms with Gasteiger partial charge in [0.2, 0.25) is 6.79 Å². The van der Waals surface area contributed by atoms with Gasteiger partial charge in [0.15, 0.2) is 16.9 Å². The van der Waals surface area contributed by atoms with E-state index in [1.165, 1.54) is 6.07 Å². The fourth-order valence-corrected chi connectivity index (χ4v) is 2.36. The van der Waals surface area contributed by atoms with Gasteiger partial charge < -0.3 is 13.9 Å². The molecule has 4 heteroatoms. The van der Waals surface area contributed by atoms with Crippen LogP contribution in [0.5, 0.6) is 11.5 Å². The zero-order valence-electron chi connectivity index (χ0n) is 10.5. The number of ether oxygens (including phenoxy) is 2. The molecule has 1 aromatic heterocycles. The van der Waals surface area contributed by atoms with Gasteiger partial charge in [-0.3, -0.25) is 4.79 Å². The largest absolute Gasteiger partial charge is 0.456 e. The number of benzene rings is 2. The Balaban J connectivity index is 2.00. The van der Waals surface area contributed by atoms with Gasteiger partial charge in [0.05, 0.1) is 10.9 Å². The van der Waals surface area contributed by atoms with Crippen molar-refractivity contribution in [3.05, 3.63) is 58.8 Å². The molecule has 0 amide bonds. The van der Waals surface area contributed by atoms with Crippen LogP contribution in [0, 0.1) is 0 Å². The minimum Gasteiger partial charge on any atom is -0.456 e. The molecule has 2 heterocycles. The third kappa shape index (κ3) is 1.58. The van der Waals surface area contributed by atoms with Crippen molar-refractivity contribution < 1.29 is 13.9 Å². The molecule has 0 aliphatic carbocycles.